The largest absolute Gasteiger partial charge is 0.480 e. The Morgan fingerprint density at radius 2 is 1.38 bits per heavy atom. The van der Waals surface area contributed by atoms with Crippen molar-refractivity contribution in [3.63, 3.8) is 0 Å². The Morgan fingerprint density at radius 3 is 1.88 bits per heavy atom. The number of aryl methyl sites for hydroxylation is 1. The van der Waals surface area contributed by atoms with Gasteiger partial charge in [-0.2, -0.15) is 0 Å². The number of aromatic carboxylic acids is 1. The van der Waals surface area contributed by atoms with Gasteiger partial charge in [-0.25, -0.2) is 4.79 Å². The number of carboxylic acid groups (broad SMARTS) is 1. The normalized spacial score (nSPS) is 10.6. The third-order valence-corrected chi connectivity index (χ3v) is 3.90. The van der Waals surface area contributed by atoms with Crippen LogP contribution in [0.25, 0.3) is 0 Å². The molecule has 0 heterocycles. The molecule has 0 amide bonds. The van der Waals surface area contributed by atoms with Crippen molar-refractivity contribution in [3.8, 4) is 5.75 Å². The Bertz CT molecular complexity index is 787. The highest BCUT2D eigenvalue weighted by atomic mass is 16.5. The van der Waals surface area contributed by atoms with E-state index in [9.17, 15) is 9.90 Å². The molecular weight excluding hydrogens is 300 g/mol. The molecule has 3 aromatic rings. The van der Waals surface area contributed by atoms with Crippen molar-refractivity contribution < 1.29 is 14.6 Å². The maximum absolute atomic E-state index is 11.6. The van der Waals surface area contributed by atoms with Crippen LogP contribution >= 0.6 is 0 Å². The second-order valence-corrected chi connectivity index (χ2v) is 5.57. The van der Waals surface area contributed by atoms with Gasteiger partial charge in [0.05, 0.1) is 0 Å². The third kappa shape index (κ3) is 3.30. The summed E-state index contributed by atoms with van der Waals surface area (Å²) in [6, 6.07) is 24.9. The number of carboxylic acids is 1. The van der Waals surface area contributed by atoms with Gasteiger partial charge in [-0.1, -0.05) is 72.8 Å². The van der Waals surface area contributed by atoms with Crippen molar-refractivity contribution in [1.82, 2.24) is 0 Å². The van der Waals surface area contributed by atoms with Crippen LogP contribution in [0, 0.1) is 6.92 Å². The van der Waals surface area contributed by atoms with Gasteiger partial charge in [-0.15, -0.1) is 0 Å². The Balaban J connectivity index is 2.06. The fourth-order valence-corrected chi connectivity index (χ4v) is 2.72. The quantitative estimate of drug-likeness (QED) is 0.730. The first-order chi connectivity index (χ1) is 11.7. The summed E-state index contributed by atoms with van der Waals surface area (Å²) in [5.74, 6) is -0.608. The summed E-state index contributed by atoms with van der Waals surface area (Å²) in [5.41, 5.74) is 2.83. The van der Waals surface area contributed by atoms with Crippen LogP contribution in [0.1, 0.15) is 33.2 Å². The van der Waals surface area contributed by atoms with E-state index in [1.165, 1.54) is 0 Å². The first kappa shape index (κ1) is 15.8. The van der Waals surface area contributed by atoms with Crippen molar-refractivity contribution in [2.75, 3.05) is 0 Å². The zero-order valence-electron chi connectivity index (χ0n) is 13.3. The van der Waals surface area contributed by atoms with E-state index in [0.717, 1.165) is 11.1 Å². The van der Waals surface area contributed by atoms with Crippen molar-refractivity contribution in [1.29, 1.82) is 0 Å². The summed E-state index contributed by atoms with van der Waals surface area (Å²) in [6.45, 7) is 1.77. The highest BCUT2D eigenvalue weighted by molar-refractivity contribution is 5.92. The van der Waals surface area contributed by atoms with E-state index in [2.05, 4.69) is 0 Å². The zero-order chi connectivity index (χ0) is 16.9. The zero-order valence-corrected chi connectivity index (χ0v) is 13.3. The molecule has 0 aliphatic rings. The molecule has 0 aliphatic carbocycles. The topological polar surface area (TPSA) is 46.5 Å². The molecule has 0 bridgehead atoms. The van der Waals surface area contributed by atoms with Crippen molar-refractivity contribution in [2.24, 2.45) is 0 Å². The van der Waals surface area contributed by atoms with E-state index in [1.807, 2.05) is 66.7 Å². The fraction of sp³-hybridized carbons (Fsp3) is 0.0952. The first-order valence-electron chi connectivity index (χ1n) is 7.76. The Hall–Kier alpha value is -3.07. The minimum Gasteiger partial charge on any atom is -0.480 e. The molecule has 0 atom stereocenters. The second kappa shape index (κ2) is 7.01. The predicted molar refractivity (Wildman–Crippen MR) is 93.5 cm³/mol. The van der Waals surface area contributed by atoms with Crippen LogP contribution in [0.3, 0.4) is 0 Å². The van der Waals surface area contributed by atoms with Crippen LogP contribution in [-0.4, -0.2) is 11.1 Å². The van der Waals surface area contributed by atoms with E-state index < -0.39 is 5.97 Å². The van der Waals surface area contributed by atoms with E-state index in [1.54, 1.807) is 19.1 Å². The van der Waals surface area contributed by atoms with Gasteiger partial charge in [0, 0.05) is 0 Å². The maximum Gasteiger partial charge on any atom is 0.339 e. The molecule has 0 aliphatic heterocycles. The van der Waals surface area contributed by atoms with Gasteiger partial charge in [0.2, 0.25) is 0 Å². The molecule has 1 N–H and O–H groups in total. The number of hydrogen-bond donors (Lipinski definition) is 1. The lowest BCUT2D eigenvalue weighted by Gasteiger charge is -2.21. The van der Waals surface area contributed by atoms with Gasteiger partial charge in [-0.3, -0.25) is 0 Å². The molecule has 3 nitrogen and oxygen atoms in total. The first-order valence-corrected chi connectivity index (χ1v) is 7.76. The predicted octanol–water partition coefficient (Wildman–Crippen LogP) is 4.86. The summed E-state index contributed by atoms with van der Waals surface area (Å²) >= 11 is 0. The van der Waals surface area contributed by atoms with E-state index in [0.29, 0.717) is 11.3 Å². The van der Waals surface area contributed by atoms with E-state index in [4.69, 9.17) is 4.74 Å². The summed E-state index contributed by atoms with van der Waals surface area (Å²) in [4.78, 5) is 11.6. The average Bonchev–Trinajstić information content (AvgIpc) is 2.61. The van der Waals surface area contributed by atoms with Gasteiger partial charge in [0.25, 0.3) is 0 Å². The molecule has 0 radical (unpaired) electrons. The van der Waals surface area contributed by atoms with Gasteiger partial charge in [0.1, 0.15) is 17.4 Å². The summed E-state index contributed by atoms with van der Waals surface area (Å²) in [6.07, 6.45) is -0.368. The lowest BCUT2D eigenvalue weighted by molar-refractivity contribution is 0.0689. The molecule has 24 heavy (non-hydrogen) atoms. The Labute approximate surface area is 141 Å². The lowest BCUT2D eigenvalue weighted by Crippen LogP contribution is -2.12. The summed E-state index contributed by atoms with van der Waals surface area (Å²) in [7, 11) is 0. The van der Waals surface area contributed by atoms with Gasteiger partial charge in [0.15, 0.2) is 0 Å². The highest BCUT2D eigenvalue weighted by Gasteiger charge is 2.20. The maximum atomic E-state index is 11.6. The van der Waals surface area contributed by atoms with Crippen LogP contribution in [-0.2, 0) is 0 Å². The molecule has 0 unspecified atom stereocenters. The summed E-state index contributed by atoms with van der Waals surface area (Å²) in [5, 5.41) is 9.52. The van der Waals surface area contributed by atoms with Crippen LogP contribution < -0.4 is 4.74 Å². The second-order valence-electron chi connectivity index (χ2n) is 5.57. The monoisotopic (exact) mass is 318 g/mol. The van der Waals surface area contributed by atoms with Crippen LogP contribution in [0.2, 0.25) is 0 Å². The fourth-order valence-electron chi connectivity index (χ4n) is 2.72. The minimum absolute atomic E-state index is 0.203. The number of hydrogen-bond acceptors (Lipinski definition) is 2. The molecule has 0 saturated carbocycles. The van der Waals surface area contributed by atoms with Crippen molar-refractivity contribution in [3.05, 3.63) is 101 Å². The van der Waals surface area contributed by atoms with Crippen LogP contribution in [0.4, 0.5) is 0 Å². The van der Waals surface area contributed by atoms with E-state index >= 15 is 0 Å². The minimum atomic E-state index is -0.983. The number of rotatable bonds is 5. The standard InChI is InChI=1S/C21H18O3/c1-15-9-8-14-18(19(15)21(22)23)24-20(16-10-4-2-5-11-16)17-12-6-3-7-13-17/h2-14,20H,1H3,(H,22,23). The molecular formula is C21H18O3. The third-order valence-electron chi connectivity index (χ3n) is 3.90. The van der Waals surface area contributed by atoms with Crippen molar-refractivity contribution in [2.45, 2.75) is 13.0 Å². The number of ether oxygens (including phenoxy) is 1. The highest BCUT2D eigenvalue weighted by Crippen LogP contribution is 2.31. The Morgan fingerprint density at radius 1 is 0.833 bits per heavy atom. The molecule has 3 heteroatoms. The molecule has 0 spiro atoms. The van der Waals surface area contributed by atoms with Gasteiger partial charge < -0.3 is 9.84 Å². The van der Waals surface area contributed by atoms with Gasteiger partial charge in [-0.05, 0) is 29.7 Å². The van der Waals surface area contributed by atoms with Crippen LogP contribution in [0.15, 0.2) is 78.9 Å². The van der Waals surface area contributed by atoms with Crippen LogP contribution in [0.5, 0.6) is 5.75 Å². The van der Waals surface area contributed by atoms with Gasteiger partial charge >= 0.3 is 5.97 Å². The molecule has 0 aromatic heterocycles. The molecule has 0 fully saturated rings. The van der Waals surface area contributed by atoms with E-state index in [-0.39, 0.29) is 11.7 Å². The average molecular weight is 318 g/mol. The molecule has 120 valence electrons. The molecule has 3 aromatic carbocycles. The smallest absolute Gasteiger partial charge is 0.339 e. The molecule has 3 rings (SSSR count). The molecule has 0 saturated heterocycles. The van der Waals surface area contributed by atoms with Crippen molar-refractivity contribution >= 4 is 5.97 Å². The Kier molecular flexibility index (Phi) is 4.62. The summed E-state index contributed by atoms with van der Waals surface area (Å²) < 4.78 is 6.18. The lowest BCUT2D eigenvalue weighted by atomic mass is 10.0. The number of carbonyl (C=O) groups is 1. The SMILES string of the molecule is Cc1cccc(OC(c2ccccc2)c2ccccc2)c1C(=O)O. The number of benzene rings is 3.